The van der Waals surface area contributed by atoms with Gasteiger partial charge in [-0.25, -0.2) is 4.79 Å². The van der Waals surface area contributed by atoms with Gasteiger partial charge in [-0.1, -0.05) is 19.6 Å². The molecular formula is C14H20Br2N2O3Si. The van der Waals surface area contributed by atoms with Crippen LogP contribution in [0.2, 0.25) is 25.7 Å². The van der Waals surface area contributed by atoms with Crippen molar-refractivity contribution in [2.45, 2.75) is 39.3 Å². The van der Waals surface area contributed by atoms with Gasteiger partial charge < -0.3 is 14.0 Å². The number of esters is 1. The third-order valence-corrected chi connectivity index (χ3v) is 6.24. The number of halogens is 2. The van der Waals surface area contributed by atoms with Gasteiger partial charge in [0.25, 0.3) is 0 Å². The molecule has 0 aliphatic heterocycles. The number of nitriles is 1. The van der Waals surface area contributed by atoms with Crippen LogP contribution in [0.4, 0.5) is 0 Å². The zero-order chi connectivity index (χ0) is 16.9. The van der Waals surface area contributed by atoms with E-state index >= 15 is 0 Å². The molecule has 0 bridgehead atoms. The van der Waals surface area contributed by atoms with Crippen molar-refractivity contribution in [2.75, 3.05) is 13.2 Å². The maximum Gasteiger partial charge on any atom is 0.342 e. The lowest BCUT2D eigenvalue weighted by Gasteiger charge is -2.16. The number of hydrogen-bond donors (Lipinski definition) is 0. The fourth-order valence-corrected chi connectivity index (χ4v) is 4.02. The first-order valence-corrected chi connectivity index (χ1v) is 12.2. The summed E-state index contributed by atoms with van der Waals surface area (Å²) in [6.45, 7) is 9.69. The van der Waals surface area contributed by atoms with E-state index in [4.69, 9.17) is 9.47 Å². The molecule has 1 aromatic heterocycles. The number of aromatic nitrogens is 1. The Balaban J connectivity index is 2.93. The van der Waals surface area contributed by atoms with Crippen LogP contribution >= 0.6 is 31.9 Å². The van der Waals surface area contributed by atoms with Crippen LogP contribution in [0.25, 0.3) is 0 Å². The fourth-order valence-electron chi connectivity index (χ4n) is 1.70. The predicted octanol–water partition coefficient (Wildman–Crippen LogP) is 4.37. The highest BCUT2D eigenvalue weighted by atomic mass is 79.9. The van der Waals surface area contributed by atoms with Crippen molar-refractivity contribution in [3.63, 3.8) is 0 Å². The molecule has 0 saturated carbocycles. The summed E-state index contributed by atoms with van der Waals surface area (Å²) in [5, 5.41) is 9.31. The van der Waals surface area contributed by atoms with Crippen LogP contribution in [0, 0.1) is 11.3 Å². The molecular weight excluding hydrogens is 432 g/mol. The fraction of sp³-hybridized carbons (Fsp3) is 0.571. The molecule has 0 saturated heterocycles. The van der Waals surface area contributed by atoms with Crippen molar-refractivity contribution in [3.8, 4) is 6.07 Å². The lowest BCUT2D eigenvalue weighted by Crippen LogP contribution is -2.22. The largest absolute Gasteiger partial charge is 0.462 e. The molecule has 5 nitrogen and oxygen atoms in total. The van der Waals surface area contributed by atoms with Gasteiger partial charge in [0.1, 0.15) is 28.7 Å². The lowest BCUT2D eigenvalue weighted by molar-refractivity contribution is 0.0522. The van der Waals surface area contributed by atoms with Crippen LogP contribution in [-0.2, 0) is 16.2 Å². The Morgan fingerprint density at radius 1 is 1.36 bits per heavy atom. The smallest absolute Gasteiger partial charge is 0.342 e. The lowest BCUT2D eigenvalue weighted by atomic mass is 10.3. The van der Waals surface area contributed by atoms with Crippen LogP contribution in [-0.4, -0.2) is 31.8 Å². The Morgan fingerprint density at radius 2 is 2.00 bits per heavy atom. The Hall–Kier alpha value is -0.623. The Labute approximate surface area is 148 Å². The summed E-state index contributed by atoms with van der Waals surface area (Å²) in [5.74, 6) is -0.474. The molecule has 0 spiro atoms. The maximum atomic E-state index is 12.0. The second-order valence-corrected chi connectivity index (χ2v) is 13.1. The summed E-state index contributed by atoms with van der Waals surface area (Å²) in [5.41, 5.74) is 0.648. The van der Waals surface area contributed by atoms with Gasteiger partial charge in [-0.2, -0.15) is 5.26 Å². The molecule has 22 heavy (non-hydrogen) atoms. The maximum absolute atomic E-state index is 12.0. The minimum Gasteiger partial charge on any atom is -0.462 e. The first-order valence-electron chi connectivity index (χ1n) is 6.95. The van der Waals surface area contributed by atoms with E-state index < -0.39 is 14.0 Å². The van der Waals surface area contributed by atoms with Gasteiger partial charge in [0, 0.05) is 14.7 Å². The Kier molecular flexibility index (Phi) is 7.32. The average Bonchev–Trinajstić information content (AvgIpc) is 2.64. The summed E-state index contributed by atoms with van der Waals surface area (Å²) in [7, 11) is -1.16. The topological polar surface area (TPSA) is 64.2 Å². The van der Waals surface area contributed by atoms with Gasteiger partial charge in [-0.3, -0.25) is 0 Å². The molecule has 0 aliphatic carbocycles. The summed E-state index contributed by atoms with van der Waals surface area (Å²) < 4.78 is 13.2. The van der Waals surface area contributed by atoms with E-state index in [1.165, 1.54) is 0 Å². The number of hydrogen-bond acceptors (Lipinski definition) is 4. The van der Waals surface area contributed by atoms with Gasteiger partial charge in [0.15, 0.2) is 0 Å². The molecule has 1 aromatic rings. The molecule has 0 unspecified atom stereocenters. The standard InChI is InChI=1S/C14H20Br2N2O3Si/c1-5-21-14(19)11-12(15)10(8-17)18(13(11)16)9-20-6-7-22(2,3)4/h5-7,9H2,1-4H3. The highest BCUT2D eigenvalue weighted by molar-refractivity contribution is 9.11. The zero-order valence-electron chi connectivity index (χ0n) is 13.2. The van der Waals surface area contributed by atoms with Crippen LogP contribution in [0.3, 0.4) is 0 Å². The summed E-state index contributed by atoms with van der Waals surface area (Å²) in [6, 6.07) is 3.13. The van der Waals surface area contributed by atoms with Gasteiger partial charge >= 0.3 is 5.97 Å². The quantitative estimate of drug-likeness (QED) is 0.350. The molecule has 122 valence electrons. The van der Waals surface area contributed by atoms with E-state index in [0.29, 0.717) is 26.9 Å². The molecule has 0 N–H and O–H groups in total. The number of rotatable bonds is 7. The predicted molar refractivity (Wildman–Crippen MR) is 94.6 cm³/mol. The molecule has 0 fully saturated rings. The number of carbonyl (C=O) groups is 1. The summed E-state index contributed by atoms with van der Waals surface area (Å²) in [4.78, 5) is 12.0. The first kappa shape index (κ1) is 19.4. The summed E-state index contributed by atoms with van der Waals surface area (Å²) in [6.07, 6.45) is 0. The van der Waals surface area contributed by atoms with Crippen molar-refractivity contribution >= 4 is 45.9 Å². The molecule has 0 atom stereocenters. The third kappa shape index (κ3) is 4.95. The molecule has 0 amide bonds. The highest BCUT2D eigenvalue weighted by Gasteiger charge is 2.26. The van der Waals surface area contributed by atoms with E-state index in [1.807, 2.05) is 0 Å². The molecule has 0 aromatic carbocycles. The van der Waals surface area contributed by atoms with Crippen molar-refractivity contribution < 1.29 is 14.3 Å². The van der Waals surface area contributed by atoms with Crippen molar-refractivity contribution in [2.24, 2.45) is 0 Å². The normalized spacial score (nSPS) is 11.3. The first-order chi connectivity index (χ1) is 10.2. The SMILES string of the molecule is CCOC(=O)c1c(Br)c(C#N)n(COCC[Si](C)(C)C)c1Br. The molecule has 1 rings (SSSR count). The monoisotopic (exact) mass is 450 g/mol. The highest BCUT2D eigenvalue weighted by Crippen LogP contribution is 2.32. The van der Waals surface area contributed by atoms with Gasteiger partial charge in [-0.15, -0.1) is 0 Å². The second kappa shape index (κ2) is 8.29. The van der Waals surface area contributed by atoms with E-state index in [9.17, 15) is 10.1 Å². The minimum atomic E-state index is -1.16. The number of carbonyl (C=O) groups excluding carboxylic acids is 1. The average molecular weight is 452 g/mol. The van der Waals surface area contributed by atoms with E-state index in [2.05, 4.69) is 57.6 Å². The van der Waals surface area contributed by atoms with Crippen LogP contribution < -0.4 is 0 Å². The van der Waals surface area contributed by atoms with Crippen molar-refractivity contribution in [3.05, 3.63) is 20.3 Å². The third-order valence-electron chi connectivity index (χ3n) is 2.94. The molecule has 1 heterocycles. The number of ether oxygens (including phenoxy) is 2. The minimum absolute atomic E-state index is 0.214. The number of nitrogens with zero attached hydrogens (tertiary/aromatic N) is 2. The molecule has 0 aliphatic rings. The van der Waals surface area contributed by atoms with Crippen LogP contribution in [0.5, 0.6) is 0 Å². The molecule has 0 radical (unpaired) electrons. The van der Waals surface area contributed by atoms with Crippen molar-refractivity contribution in [1.82, 2.24) is 4.57 Å². The summed E-state index contributed by atoms with van der Waals surface area (Å²) >= 11 is 6.67. The molecule has 8 heteroatoms. The van der Waals surface area contributed by atoms with E-state index in [-0.39, 0.29) is 13.3 Å². The van der Waals surface area contributed by atoms with Crippen LogP contribution in [0.1, 0.15) is 23.0 Å². The Bertz CT molecular complexity index is 588. The van der Waals surface area contributed by atoms with Gasteiger partial charge in [0.05, 0.1) is 11.1 Å². The van der Waals surface area contributed by atoms with Crippen molar-refractivity contribution in [1.29, 1.82) is 5.26 Å². The van der Waals surface area contributed by atoms with Crippen LogP contribution in [0.15, 0.2) is 9.08 Å². The van der Waals surface area contributed by atoms with E-state index in [0.717, 1.165) is 6.04 Å². The van der Waals surface area contributed by atoms with Gasteiger partial charge in [-0.05, 0) is 44.8 Å². The van der Waals surface area contributed by atoms with E-state index in [1.54, 1.807) is 11.5 Å². The zero-order valence-corrected chi connectivity index (χ0v) is 17.4. The van der Waals surface area contributed by atoms with Gasteiger partial charge in [0.2, 0.25) is 0 Å². The second-order valence-electron chi connectivity index (χ2n) is 5.94. The Morgan fingerprint density at radius 3 is 2.50 bits per heavy atom.